The molecule has 1 aromatic rings. The summed E-state index contributed by atoms with van der Waals surface area (Å²) in [5.41, 5.74) is 2.28. The Labute approximate surface area is 115 Å². The zero-order valence-electron chi connectivity index (χ0n) is 12.6. The minimum atomic E-state index is 0.642. The first-order chi connectivity index (χ1) is 9.15. The molecule has 0 aromatic carbocycles. The molecule has 1 unspecified atom stereocenters. The zero-order chi connectivity index (χ0) is 13.8. The predicted molar refractivity (Wildman–Crippen MR) is 76.5 cm³/mol. The summed E-state index contributed by atoms with van der Waals surface area (Å²) in [7, 11) is 3.65. The van der Waals surface area contributed by atoms with Crippen molar-refractivity contribution < 1.29 is 4.74 Å². The maximum absolute atomic E-state index is 5.47. The average Bonchev–Trinajstić information content (AvgIpc) is 2.97. The van der Waals surface area contributed by atoms with Crippen molar-refractivity contribution in [3.8, 4) is 5.88 Å². The number of methoxy groups -OCH3 is 1. The van der Waals surface area contributed by atoms with Gasteiger partial charge >= 0.3 is 0 Å². The summed E-state index contributed by atoms with van der Waals surface area (Å²) in [5, 5.41) is 8.01. The van der Waals surface area contributed by atoms with Crippen molar-refractivity contribution in [1.82, 2.24) is 20.0 Å². The minimum absolute atomic E-state index is 0.642. The van der Waals surface area contributed by atoms with Crippen LogP contribution < -0.4 is 10.1 Å². The molecule has 0 spiro atoms. The quantitative estimate of drug-likeness (QED) is 0.843. The summed E-state index contributed by atoms with van der Waals surface area (Å²) in [5.74, 6) is 0.885. The van der Waals surface area contributed by atoms with Gasteiger partial charge in [0.15, 0.2) is 0 Å². The molecule has 1 N–H and O–H groups in total. The van der Waals surface area contributed by atoms with Crippen LogP contribution in [0.3, 0.4) is 0 Å². The molecule has 1 aliphatic heterocycles. The summed E-state index contributed by atoms with van der Waals surface area (Å²) >= 11 is 0. The number of rotatable bonds is 6. The molecule has 2 rings (SSSR count). The summed E-state index contributed by atoms with van der Waals surface area (Å²) in [4.78, 5) is 2.47. The average molecular weight is 266 g/mol. The van der Waals surface area contributed by atoms with E-state index in [2.05, 4.69) is 29.2 Å². The molecule has 1 saturated heterocycles. The van der Waals surface area contributed by atoms with Crippen LogP contribution in [0.15, 0.2) is 0 Å². The van der Waals surface area contributed by atoms with Gasteiger partial charge in [-0.15, -0.1) is 0 Å². The van der Waals surface area contributed by atoms with Crippen LogP contribution in [0.25, 0.3) is 0 Å². The van der Waals surface area contributed by atoms with Crippen LogP contribution in [0.4, 0.5) is 0 Å². The van der Waals surface area contributed by atoms with Crippen molar-refractivity contribution in [3.05, 3.63) is 11.3 Å². The van der Waals surface area contributed by atoms with Gasteiger partial charge in [0.2, 0.25) is 5.88 Å². The molecule has 19 heavy (non-hydrogen) atoms. The maximum Gasteiger partial charge on any atom is 0.216 e. The lowest BCUT2D eigenvalue weighted by atomic mass is 10.2. The van der Waals surface area contributed by atoms with Crippen LogP contribution in [0, 0.1) is 6.92 Å². The summed E-state index contributed by atoms with van der Waals surface area (Å²) in [6.07, 6.45) is 2.59. The van der Waals surface area contributed by atoms with Gasteiger partial charge in [0.05, 0.1) is 18.4 Å². The van der Waals surface area contributed by atoms with E-state index in [9.17, 15) is 0 Å². The molecule has 1 atom stereocenters. The third-order valence-electron chi connectivity index (χ3n) is 3.95. The summed E-state index contributed by atoms with van der Waals surface area (Å²) in [6.45, 7) is 8.51. The van der Waals surface area contributed by atoms with E-state index < -0.39 is 0 Å². The fourth-order valence-electron chi connectivity index (χ4n) is 2.87. The van der Waals surface area contributed by atoms with Crippen molar-refractivity contribution in [2.45, 2.75) is 39.3 Å². The van der Waals surface area contributed by atoms with Crippen molar-refractivity contribution in [2.24, 2.45) is 7.05 Å². The van der Waals surface area contributed by atoms with Gasteiger partial charge in [-0.1, -0.05) is 6.92 Å². The molecule has 0 aliphatic carbocycles. The number of hydrogen-bond acceptors (Lipinski definition) is 4. The van der Waals surface area contributed by atoms with Gasteiger partial charge < -0.3 is 10.1 Å². The number of aryl methyl sites for hydroxylation is 2. The molecule has 0 amide bonds. The molecule has 108 valence electrons. The normalized spacial score (nSPS) is 19.3. The van der Waals surface area contributed by atoms with Crippen LogP contribution >= 0.6 is 0 Å². The van der Waals surface area contributed by atoms with Crippen LogP contribution in [-0.4, -0.2) is 47.5 Å². The second kappa shape index (κ2) is 6.39. The van der Waals surface area contributed by atoms with Gasteiger partial charge in [-0.3, -0.25) is 4.90 Å². The van der Waals surface area contributed by atoms with Gasteiger partial charge in [-0.05, 0) is 32.9 Å². The molecule has 0 bridgehead atoms. The van der Waals surface area contributed by atoms with Crippen LogP contribution in [0.5, 0.6) is 5.88 Å². The van der Waals surface area contributed by atoms with E-state index >= 15 is 0 Å². The Morgan fingerprint density at radius 3 is 2.89 bits per heavy atom. The highest BCUT2D eigenvalue weighted by atomic mass is 16.5. The predicted octanol–water partition coefficient (Wildman–Crippen LogP) is 1.31. The SMILES string of the molecule is CCN(Cc1c(C)nn(C)c1OC)CC1CCCN1. The lowest BCUT2D eigenvalue weighted by Crippen LogP contribution is -2.37. The van der Waals surface area contributed by atoms with E-state index in [1.807, 2.05) is 11.7 Å². The first kappa shape index (κ1) is 14.3. The first-order valence-electron chi connectivity index (χ1n) is 7.17. The summed E-state index contributed by atoms with van der Waals surface area (Å²) in [6, 6.07) is 0.642. The van der Waals surface area contributed by atoms with E-state index in [1.165, 1.54) is 18.4 Å². The maximum atomic E-state index is 5.47. The second-order valence-corrected chi connectivity index (χ2v) is 5.32. The number of aromatic nitrogens is 2. The molecule has 5 nitrogen and oxygen atoms in total. The third kappa shape index (κ3) is 3.28. The Morgan fingerprint density at radius 2 is 2.32 bits per heavy atom. The Bertz CT molecular complexity index is 410. The lowest BCUT2D eigenvalue weighted by molar-refractivity contribution is 0.248. The fourth-order valence-corrected chi connectivity index (χ4v) is 2.87. The molecular weight excluding hydrogens is 240 g/mol. The van der Waals surface area contributed by atoms with Crippen molar-refractivity contribution in [1.29, 1.82) is 0 Å². The standard InChI is InChI=1S/C14H26N4O/c1-5-18(9-12-7-6-8-15-12)10-13-11(2)16-17(3)14(13)19-4/h12,15H,5-10H2,1-4H3. The van der Waals surface area contributed by atoms with E-state index in [0.717, 1.165) is 37.8 Å². The molecule has 5 heteroatoms. The van der Waals surface area contributed by atoms with E-state index in [4.69, 9.17) is 4.74 Å². The first-order valence-corrected chi connectivity index (χ1v) is 7.17. The number of likely N-dealkylation sites (N-methyl/N-ethyl adjacent to an activating group) is 1. The van der Waals surface area contributed by atoms with Gasteiger partial charge in [-0.2, -0.15) is 5.10 Å². The topological polar surface area (TPSA) is 42.3 Å². The highest BCUT2D eigenvalue weighted by Gasteiger charge is 2.20. The van der Waals surface area contributed by atoms with E-state index in [1.54, 1.807) is 7.11 Å². The monoisotopic (exact) mass is 266 g/mol. The Morgan fingerprint density at radius 1 is 1.53 bits per heavy atom. The number of hydrogen-bond donors (Lipinski definition) is 1. The molecule has 2 heterocycles. The highest BCUT2D eigenvalue weighted by Crippen LogP contribution is 2.23. The molecule has 1 aliphatic rings. The fraction of sp³-hybridized carbons (Fsp3) is 0.786. The molecule has 1 fully saturated rings. The zero-order valence-corrected chi connectivity index (χ0v) is 12.6. The van der Waals surface area contributed by atoms with E-state index in [-0.39, 0.29) is 0 Å². The largest absolute Gasteiger partial charge is 0.481 e. The third-order valence-corrected chi connectivity index (χ3v) is 3.95. The van der Waals surface area contributed by atoms with Crippen LogP contribution in [0.1, 0.15) is 31.0 Å². The number of nitrogens with one attached hydrogen (secondary N) is 1. The molecule has 1 aromatic heterocycles. The van der Waals surface area contributed by atoms with Gasteiger partial charge in [0.1, 0.15) is 0 Å². The van der Waals surface area contributed by atoms with Crippen LogP contribution in [-0.2, 0) is 13.6 Å². The van der Waals surface area contributed by atoms with Gasteiger partial charge in [-0.25, -0.2) is 4.68 Å². The van der Waals surface area contributed by atoms with Gasteiger partial charge in [0, 0.05) is 26.2 Å². The molecular formula is C14H26N4O. The second-order valence-electron chi connectivity index (χ2n) is 5.32. The Balaban J connectivity index is 2.04. The summed E-state index contributed by atoms with van der Waals surface area (Å²) < 4.78 is 7.30. The number of ether oxygens (including phenoxy) is 1. The molecule has 0 saturated carbocycles. The van der Waals surface area contributed by atoms with Crippen LogP contribution in [0.2, 0.25) is 0 Å². The Kier molecular flexibility index (Phi) is 4.82. The molecule has 0 radical (unpaired) electrons. The lowest BCUT2D eigenvalue weighted by Gasteiger charge is -2.24. The Hall–Kier alpha value is -1.07. The van der Waals surface area contributed by atoms with Crippen molar-refractivity contribution in [3.63, 3.8) is 0 Å². The number of nitrogens with zero attached hydrogens (tertiary/aromatic N) is 3. The van der Waals surface area contributed by atoms with E-state index in [0.29, 0.717) is 6.04 Å². The minimum Gasteiger partial charge on any atom is -0.481 e. The highest BCUT2D eigenvalue weighted by molar-refractivity contribution is 5.30. The van der Waals surface area contributed by atoms with Crippen molar-refractivity contribution >= 4 is 0 Å². The van der Waals surface area contributed by atoms with Crippen molar-refractivity contribution in [2.75, 3.05) is 26.7 Å². The van der Waals surface area contributed by atoms with Gasteiger partial charge in [0.25, 0.3) is 0 Å². The smallest absolute Gasteiger partial charge is 0.216 e.